The molecule has 0 spiro atoms. The molecule has 0 amide bonds. The lowest BCUT2D eigenvalue weighted by Gasteiger charge is -2.43. The third kappa shape index (κ3) is 6.37. The lowest BCUT2D eigenvalue weighted by Crippen LogP contribution is -2.55. The van der Waals surface area contributed by atoms with Crippen LogP contribution in [-0.4, -0.2) is 35.9 Å². The molecule has 3 rings (SSSR count). The standard InChI is InChI=1S/C23H27BrO5/c1-16-21(28-17(2)25)20(15-26-13-18-9-5-3-6-10-18)29-23(24)22(16)27-14-19-11-7-4-8-12-19/h3-12,16,20-23H,13-15H2,1-2H3/t16-,20?,21+,22?,23?/m0/s1. The average molecular weight is 463 g/mol. The Kier molecular flexibility index (Phi) is 8.24. The molecule has 2 aromatic carbocycles. The van der Waals surface area contributed by atoms with E-state index in [9.17, 15) is 4.79 Å². The van der Waals surface area contributed by atoms with Gasteiger partial charge in [0.05, 0.1) is 19.8 Å². The van der Waals surface area contributed by atoms with Crippen molar-refractivity contribution in [3.05, 3.63) is 71.8 Å². The van der Waals surface area contributed by atoms with Gasteiger partial charge in [-0.3, -0.25) is 4.79 Å². The summed E-state index contributed by atoms with van der Waals surface area (Å²) in [5.41, 5.74) is 2.16. The number of esters is 1. The van der Waals surface area contributed by atoms with Crippen molar-refractivity contribution in [1.29, 1.82) is 0 Å². The van der Waals surface area contributed by atoms with Crippen LogP contribution in [0.1, 0.15) is 25.0 Å². The predicted octanol–water partition coefficient (Wildman–Crippen LogP) is 4.48. The predicted molar refractivity (Wildman–Crippen MR) is 113 cm³/mol. The zero-order valence-corrected chi connectivity index (χ0v) is 18.3. The van der Waals surface area contributed by atoms with Crippen LogP contribution in [0.15, 0.2) is 60.7 Å². The van der Waals surface area contributed by atoms with E-state index in [4.69, 9.17) is 18.9 Å². The van der Waals surface area contributed by atoms with E-state index in [1.165, 1.54) is 6.92 Å². The Morgan fingerprint density at radius 3 is 2.14 bits per heavy atom. The maximum absolute atomic E-state index is 11.7. The first-order chi connectivity index (χ1) is 14.0. The van der Waals surface area contributed by atoms with Gasteiger partial charge >= 0.3 is 5.97 Å². The molecular formula is C23H27BrO5. The number of hydrogen-bond donors (Lipinski definition) is 0. The van der Waals surface area contributed by atoms with Gasteiger partial charge < -0.3 is 18.9 Å². The lowest BCUT2D eigenvalue weighted by atomic mass is 9.91. The number of carbonyl (C=O) groups is 1. The summed E-state index contributed by atoms with van der Waals surface area (Å²) in [6, 6.07) is 19.9. The highest BCUT2D eigenvalue weighted by atomic mass is 79.9. The van der Waals surface area contributed by atoms with Gasteiger partial charge in [0.15, 0.2) is 0 Å². The summed E-state index contributed by atoms with van der Waals surface area (Å²) < 4.78 is 23.7. The summed E-state index contributed by atoms with van der Waals surface area (Å²) in [5, 5.41) is -0.321. The average Bonchev–Trinajstić information content (AvgIpc) is 2.72. The number of alkyl halides is 1. The minimum atomic E-state index is -0.446. The van der Waals surface area contributed by atoms with E-state index < -0.39 is 6.10 Å². The van der Waals surface area contributed by atoms with Crippen LogP contribution in [0.4, 0.5) is 0 Å². The van der Waals surface area contributed by atoms with E-state index in [-0.39, 0.29) is 29.1 Å². The highest BCUT2D eigenvalue weighted by Crippen LogP contribution is 2.34. The lowest BCUT2D eigenvalue weighted by molar-refractivity contribution is -0.213. The van der Waals surface area contributed by atoms with Gasteiger partial charge in [-0.05, 0) is 11.1 Å². The Morgan fingerprint density at radius 2 is 1.55 bits per heavy atom. The molecule has 0 N–H and O–H groups in total. The number of rotatable bonds is 8. The monoisotopic (exact) mass is 462 g/mol. The number of carbonyl (C=O) groups excluding carboxylic acids is 1. The van der Waals surface area contributed by atoms with Crippen molar-refractivity contribution in [2.45, 2.75) is 50.4 Å². The number of ether oxygens (including phenoxy) is 4. The molecule has 1 aliphatic rings. The second-order valence-electron chi connectivity index (χ2n) is 7.22. The topological polar surface area (TPSA) is 54.0 Å². The zero-order chi connectivity index (χ0) is 20.6. The summed E-state index contributed by atoms with van der Waals surface area (Å²) >= 11 is 3.60. The molecule has 5 atom stereocenters. The van der Waals surface area contributed by atoms with Crippen LogP contribution >= 0.6 is 15.9 Å². The molecular weight excluding hydrogens is 436 g/mol. The highest BCUT2D eigenvalue weighted by molar-refractivity contribution is 9.09. The van der Waals surface area contributed by atoms with Crippen molar-refractivity contribution in [2.24, 2.45) is 5.92 Å². The molecule has 0 aromatic heterocycles. The third-order valence-corrected chi connectivity index (χ3v) is 5.68. The third-order valence-electron chi connectivity index (χ3n) is 4.95. The Bertz CT molecular complexity index is 752. The van der Waals surface area contributed by atoms with Crippen molar-refractivity contribution in [3.8, 4) is 0 Å². The van der Waals surface area contributed by atoms with Crippen LogP contribution in [0.2, 0.25) is 0 Å². The van der Waals surface area contributed by atoms with Crippen molar-refractivity contribution in [2.75, 3.05) is 6.61 Å². The smallest absolute Gasteiger partial charge is 0.303 e. The summed E-state index contributed by atoms with van der Waals surface area (Å²) in [4.78, 5) is 11.7. The quantitative estimate of drug-likeness (QED) is 0.427. The molecule has 1 fully saturated rings. The summed E-state index contributed by atoms with van der Waals surface area (Å²) in [6.45, 7) is 4.69. The van der Waals surface area contributed by atoms with Crippen LogP contribution in [0, 0.1) is 5.92 Å². The SMILES string of the molecule is CC(=O)O[C@H]1C(COCc2ccccc2)OC(Br)C(OCc2ccccc2)[C@H]1C. The molecule has 1 heterocycles. The first kappa shape index (κ1) is 22.0. The van der Waals surface area contributed by atoms with E-state index >= 15 is 0 Å². The van der Waals surface area contributed by atoms with Gasteiger partial charge in [-0.1, -0.05) is 83.5 Å². The van der Waals surface area contributed by atoms with Crippen LogP contribution in [0.3, 0.4) is 0 Å². The molecule has 0 aliphatic carbocycles. The van der Waals surface area contributed by atoms with Gasteiger partial charge in [-0.2, -0.15) is 0 Å². The van der Waals surface area contributed by atoms with E-state index in [0.717, 1.165) is 11.1 Å². The van der Waals surface area contributed by atoms with Gasteiger partial charge in [-0.25, -0.2) is 0 Å². The summed E-state index contributed by atoms with van der Waals surface area (Å²) in [7, 11) is 0. The van der Waals surface area contributed by atoms with E-state index in [1.54, 1.807) is 0 Å². The molecule has 5 nitrogen and oxygen atoms in total. The Hall–Kier alpha value is -1.73. The largest absolute Gasteiger partial charge is 0.459 e. The molecule has 2 aromatic rings. The highest BCUT2D eigenvalue weighted by Gasteiger charge is 2.45. The second-order valence-corrected chi connectivity index (χ2v) is 8.12. The van der Waals surface area contributed by atoms with Crippen molar-refractivity contribution in [1.82, 2.24) is 0 Å². The van der Waals surface area contributed by atoms with Crippen molar-refractivity contribution >= 4 is 21.9 Å². The van der Waals surface area contributed by atoms with Crippen molar-refractivity contribution < 1.29 is 23.7 Å². The maximum atomic E-state index is 11.7. The van der Waals surface area contributed by atoms with Gasteiger partial charge in [0, 0.05) is 12.8 Å². The van der Waals surface area contributed by atoms with Crippen LogP contribution in [0.5, 0.6) is 0 Å². The Balaban J connectivity index is 1.61. The molecule has 29 heavy (non-hydrogen) atoms. The fourth-order valence-corrected chi connectivity index (χ4v) is 4.37. The molecule has 0 bridgehead atoms. The zero-order valence-electron chi connectivity index (χ0n) is 16.7. The molecule has 0 saturated carbocycles. The molecule has 1 aliphatic heterocycles. The van der Waals surface area contributed by atoms with E-state index in [0.29, 0.717) is 19.8 Å². The van der Waals surface area contributed by atoms with Crippen LogP contribution in [0.25, 0.3) is 0 Å². The fraction of sp³-hybridized carbons (Fsp3) is 0.435. The second kappa shape index (κ2) is 10.9. The Labute approximate surface area is 180 Å². The molecule has 3 unspecified atom stereocenters. The first-order valence-electron chi connectivity index (χ1n) is 9.78. The van der Waals surface area contributed by atoms with Crippen molar-refractivity contribution in [3.63, 3.8) is 0 Å². The molecule has 6 heteroatoms. The molecule has 1 saturated heterocycles. The summed E-state index contributed by atoms with van der Waals surface area (Å²) in [6.07, 6.45) is -1.08. The van der Waals surface area contributed by atoms with E-state index in [2.05, 4.69) is 15.9 Å². The van der Waals surface area contributed by atoms with Gasteiger partial charge in [0.2, 0.25) is 0 Å². The van der Waals surface area contributed by atoms with Gasteiger partial charge in [-0.15, -0.1) is 0 Å². The van der Waals surface area contributed by atoms with Gasteiger partial charge in [0.1, 0.15) is 23.3 Å². The fourth-order valence-electron chi connectivity index (χ4n) is 3.46. The van der Waals surface area contributed by atoms with E-state index in [1.807, 2.05) is 67.6 Å². The number of hydrogen-bond acceptors (Lipinski definition) is 5. The van der Waals surface area contributed by atoms with Crippen LogP contribution in [-0.2, 0) is 37.0 Å². The number of halogens is 1. The summed E-state index contributed by atoms with van der Waals surface area (Å²) in [5.74, 6) is -0.403. The van der Waals surface area contributed by atoms with Gasteiger partial charge in [0.25, 0.3) is 0 Å². The maximum Gasteiger partial charge on any atom is 0.303 e. The minimum absolute atomic E-state index is 0.0638. The first-order valence-corrected chi connectivity index (χ1v) is 10.7. The van der Waals surface area contributed by atoms with Crippen LogP contribution < -0.4 is 0 Å². The molecule has 0 radical (unpaired) electrons. The minimum Gasteiger partial charge on any atom is -0.459 e. The molecule has 156 valence electrons. The number of benzene rings is 2. The Morgan fingerprint density at radius 1 is 0.966 bits per heavy atom. The normalized spacial score (nSPS) is 26.8.